The smallest absolute Gasteiger partial charge is 0.405 e. The lowest BCUT2D eigenvalue weighted by Gasteiger charge is -2.25. The molecule has 0 saturated heterocycles. The highest BCUT2D eigenvalue weighted by atomic mass is 19.4. The lowest BCUT2D eigenvalue weighted by atomic mass is 10.2. The van der Waals surface area contributed by atoms with Gasteiger partial charge in [-0.25, -0.2) is 0 Å². The van der Waals surface area contributed by atoms with Crippen LogP contribution in [-0.2, 0) is 0 Å². The maximum absolute atomic E-state index is 12.4. The van der Waals surface area contributed by atoms with E-state index < -0.39 is 12.7 Å². The number of nitrogens with zero attached hydrogens (tertiary/aromatic N) is 3. The van der Waals surface area contributed by atoms with E-state index in [1.165, 1.54) is 18.3 Å². The number of alkyl halides is 3. The predicted molar refractivity (Wildman–Crippen MR) is 60.7 cm³/mol. The Kier molecular flexibility index (Phi) is 4.35. The largest absolute Gasteiger partial charge is 0.409 e. The van der Waals surface area contributed by atoms with Crippen molar-refractivity contribution in [2.75, 3.05) is 18.0 Å². The minimum Gasteiger partial charge on any atom is -0.409 e. The molecular weight excluding hydrogens is 249 g/mol. The van der Waals surface area contributed by atoms with Gasteiger partial charge in [0.25, 0.3) is 0 Å². The third-order valence-electron chi connectivity index (χ3n) is 2.23. The van der Waals surface area contributed by atoms with Crippen molar-refractivity contribution in [3.8, 4) is 0 Å². The number of halogens is 3. The average molecular weight is 262 g/mol. The van der Waals surface area contributed by atoms with Gasteiger partial charge < -0.3 is 15.8 Å². The number of hydrogen-bond acceptors (Lipinski definition) is 4. The fourth-order valence-electron chi connectivity index (χ4n) is 1.48. The Morgan fingerprint density at radius 3 is 2.72 bits per heavy atom. The van der Waals surface area contributed by atoms with Crippen molar-refractivity contribution in [1.29, 1.82) is 0 Å². The van der Waals surface area contributed by atoms with Crippen molar-refractivity contribution in [2.24, 2.45) is 10.9 Å². The molecule has 0 unspecified atom stereocenters. The molecule has 0 spiro atoms. The number of amidine groups is 1. The lowest BCUT2D eigenvalue weighted by molar-refractivity contribution is -0.119. The van der Waals surface area contributed by atoms with Gasteiger partial charge in [0.05, 0.1) is 5.69 Å². The van der Waals surface area contributed by atoms with E-state index in [1.807, 2.05) is 0 Å². The Morgan fingerprint density at radius 1 is 1.56 bits per heavy atom. The third kappa shape index (κ3) is 3.51. The summed E-state index contributed by atoms with van der Waals surface area (Å²) in [5.74, 6) is -0.328. The fraction of sp³-hybridized carbons (Fsp3) is 0.400. The molecular formula is C10H13F3N4O. The fourth-order valence-corrected chi connectivity index (χ4v) is 1.48. The van der Waals surface area contributed by atoms with E-state index >= 15 is 0 Å². The normalized spacial score (nSPS) is 12.6. The number of pyridine rings is 1. The third-order valence-corrected chi connectivity index (χ3v) is 2.23. The van der Waals surface area contributed by atoms with E-state index in [4.69, 9.17) is 10.9 Å². The standard InChI is InChI=1S/C10H13F3N4O/c1-2-17(6-10(11,12)13)7-4-3-5-15-8(7)9(14)16-18/h3-5,18H,2,6H2,1H3,(H2,14,16). The summed E-state index contributed by atoms with van der Waals surface area (Å²) in [7, 11) is 0. The molecule has 0 saturated carbocycles. The topological polar surface area (TPSA) is 74.7 Å². The number of nitrogens with two attached hydrogens (primary N) is 1. The second-order valence-electron chi connectivity index (χ2n) is 3.49. The first-order valence-electron chi connectivity index (χ1n) is 5.13. The summed E-state index contributed by atoms with van der Waals surface area (Å²) in [5, 5.41) is 11.3. The summed E-state index contributed by atoms with van der Waals surface area (Å²) in [6.45, 7) is 0.576. The van der Waals surface area contributed by atoms with Crippen LogP contribution in [0.4, 0.5) is 18.9 Å². The first kappa shape index (κ1) is 14.1. The van der Waals surface area contributed by atoms with Crippen molar-refractivity contribution in [3.05, 3.63) is 24.0 Å². The molecule has 5 nitrogen and oxygen atoms in total. The molecule has 0 aliphatic carbocycles. The SMILES string of the molecule is CCN(CC(F)(F)F)c1cccnc1/C(N)=N/O. The second-order valence-corrected chi connectivity index (χ2v) is 3.49. The molecule has 0 amide bonds. The first-order valence-corrected chi connectivity index (χ1v) is 5.13. The molecule has 0 aliphatic heterocycles. The molecule has 18 heavy (non-hydrogen) atoms. The summed E-state index contributed by atoms with van der Waals surface area (Å²) in [6, 6.07) is 2.93. The van der Waals surface area contributed by atoms with Crippen LogP contribution in [0.25, 0.3) is 0 Å². The Bertz CT molecular complexity index is 433. The summed E-state index contributed by atoms with van der Waals surface area (Å²) < 4.78 is 37.3. The number of rotatable bonds is 4. The Balaban J connectivity index is 3.14. The zero-order valence-electron chi connectivity index (χ0n) is 9.65. The summed E-state index contributed by atoms with van der Waals surface area (Å²) in [5.41, 5.74) is 5.57. The first-order chi connectivity index (χ1) is 8.39. The molecule has 3 N–H and O–H groups in total. The van der Waals surface area contributed by atoms with Gasteiger partial charge in [0, 0.05) is 12.7 Å². The van der Waals surface area contributed by atoms with Crippen LogP contribution in [0.15, 0.2) is 23.5 Å². The van der Waals surface area contributed by atoms with Crippen molar-refractivity contribution in [3.63, 3.8) is 0 Å². The van der Waals surface area contributed by atoms with E-state index in [1.54, 1.807) is 6.92 Å². The molecule has 1 aromatic heterocycles. The average Bonchev–Trinajstić information content (AvgIpc) is 2.34. The van der Waals surface area contributed by atoms with Gasteiger partial charge in [0.2, 0.25) is 0 Å². The monoisotopic (exact) mass is 262 g/mol. The van der Waals surface area contributed by atoms with Gasteiger partial charge in [-0.1, -0.05) is 5.16 Å². The van der Waals surface area contributed by atoms with Crippen LogP contribution in [0.3, 0.4) is 0 Å². The predicted octanol–water partition coefficient (Wildman–Crippen LogP) is 1.56. The van der Waals surface area contributed by atoms with Gasteiger partial charge in [-0.3, -0.25) is 4.98 Å². The summed E-state index contributed by atoms with van der Waals surface area (Å²) in [6.07, 6.45) is -2.98. The van der Waals surface area contributed by atoms with Crippen LogP contribution in [0.2, 0.25) is 0 Å². The number of aromatic nitrogens is 1. The maximum atomic E-state index is 12.4. The Morgan fingerprint density at radius 2 is 2.22 bits per heavy atom. The highest BCUT2D eigenvalue weighted by molar-refractivity contribution is 6.00. The molecule has 100 valence electrons. The maximum Gasteiger partial charge on any atom is 0.405 e. The zero-order valence-corrected chi connectivity index (χ0v) is 9.65. The molecule has 1 rings (SSSR count). The van der Waals surface area contributed by atoms with Gasteiger partial charge >= 0.3 is 6.18 Å². The number of anilines is 1. The summed E-state index contributed by atoms with van der Waals surface area (Å²) >= 11 is 0. The number of hydrogen-bond donors (Lipinski definition) is 2. The molecule has 0 aromatic carbocycles. The van der Waals surface area contributed by atoms with Crippen LogP contribution in [0.5, 0.6) is 0 Å². The van der Waals surface area contributed by atoms with Crippen LogP contribution < -0.4 is 10.6 Å². The quantitative estimate of drug-likeness (QED) is 0.374. The molecule has 0 atom stereocenters. The van der Waals surface area contributed by atoms with Gasteiger partial charge in [-0.05, 0) is 19.1 Å². The summed E-state index contributed by atoms with van der Waals surface area (Å²) in [4.78, 5) is 4.88. The lowest BCUT2D eigenvalue weighted by Crippen LogP contribution is -2.35. The molecule has 0 bridgehead atoms. The molecule has 8 heteroatoms. The molecule has 1 heterocycles. The van der Waals surface area contributed by atoms with Crippen LogP contribution >= 0.6 is 0 Å². The van der Waals surface area contributed by atoms with Crippen molar-refractivity contribution in [2.45, 2.75) is 13.1 Å². The van der Waals surface area contributed by atoms with Crippen molar-refractivity contribution in [1.82, 2.24) is 4.98 Å². The van der Waals surface area contributed by atoms with E-state index in [0.717, 1.165) is 4.90 Å². The minimum atomic E-state index is -4.34. The van der Waals surface area contributed by atoms with E-state index in [9.17, 15) is 13.2 Å². The van der Waals surface area contributed by atoms with E-state index in [2.05, 4.69) is 10.1 Å². The van der Waals surface area contributed by atoms with Crippen LogP contribution in [0.1, 0.15) is 12.6 Å². The van der Waals surface area contributed by atoms with Gasteiger partial charge in [-0.15, -0.1) is 0 Å². The van der Waals surface area contributed by atoms with E-state index in [0.29, 0.717) is 0 Å². The second kappa shape index (κ2) is 5.56. The van der Waals surface area contributed by atoms with E-state index in [-0.39, 0.29) is 23.8 Å². The molecule has 0 fully saturated rings. The Hall–Kier alpha value is -1.99. The molecule has 0 aliphatic rings. The highest BCUT2D eigenvalue weighted by Gasteiger charge is 2.31. The van der Waals surface area contributed by atoms with Gasteiger partial charge in [-0.2, -0.15) is 13.2 Å². The number of oxime groups is 1. The van der Waals surface area contributed by atoms with Crippen LogP contribution in [0, 0.1) is 0 Å². The van der Waals surface area contributed by atoms with Gasteiger partial charge in [0.15, 0.2) is 5.84 Å². The van der Waals surface area contributed by atoms with Gasteiger partial charge in [0.1, 0.15) is 12.2 Å². The minimum absolute atomic E-state index is 0.0195. The Labute approximate surface area is 102 Å². The molecule has 1 aromatic rings. The zero-order chi connectivity index (χ0) is 13.8. The highest BCUT2D eigenvalue weighted by Crippen LogP contribution is 2.23. The van der Waals surface area contributed by atoms with Crippen molar-refractivity contribution >= 4 is 11.5 Å². The van der Waals surface area contributed by atoms with Crippen molar-refractivity contribution < 1.29 is 18.4 Å². The van der Waals surface area contributed by atoms with Crippen LogP contribution in [-0.4, -0.2) is 35.3 Å². The molecule has 0 radical (unpaired) electrons.